The molecule has 0 aliphatic carbocycles. The molecule has 18 heavy (non-hydrogen) atoms. The van der Waals surface area contributed by atoms with Crippen molar-refractivity contribution in [3.63, 3.8) is 0 Å². The second kappa shape index (κ2) is 5.12. The van der Waals surface area contributed by atoms with Crippen LogP contribution in [0.4, 0.5) is 5.69 Å². The minimum atomic E-state index is -0.434. The van der Waals surface area contributed by atoms with Crippen LogP contribution in [0.3, 0.4) is 0 Å². The number of hydrogen-bond acceptors (Lipinski definition) is 3. The molecule has 1 heterocycles. The molecule has 94 valence electrons. The van der Waals surface area contributed by atoms with E-state index in [-0.39, 0.29) is 18.1 Å². The second-order valence-corrected chi connectivity index (χ2v) is 4.42. The van der Waals surface area contributed by atoms with Gasteiger partial charge in [-0.25, -0.2) is 0 Å². The van der Waals surface area contributed by atoms with E-state index in [2.05, 4.69) is 5.32 Å². The number of carbonyl (C=O) groups excluding carboxylic acids is 3. The van der Waals surface area contributed by atoms with Crippen LogP contribution in [-0.2, 0) is 16.0 Å². The molecule has 1 aliphatic rings. The van der Waals surface area contributed by atoms with Crippen LogP contribution in [-0.4, -0.2) is 17.5 Å². The molecule has 0 unspecified atom stereocenters. The highest BCUT2D eigenvalue weighted by Crippen LogP contribution is 2.23. The van der Waals surface area contributed by atoms with Crippen molar-refractivity contribution in [2.45, 2.75) is 32.6 Å². The van der Waals surface area contributed by atoms with Crippen LogP contribution >= 0.6 is 0 Å². The fourth-order valence-electron chi connectivity index (χ4n) is 2.03. The SMILES string of the molecule is CCCC(=O)C(=O)c1ccc2c(c1)CCC(=O)N2. The lowest BCUT2D eigenvalue weighted by molar-refractivity contribution is -0.116. The van der Waals surface area contributed by atoms with Gasteiger partial charge in [0, 0.05) is 24.1 Å². The van der Waals surface area contributed by atoms with Gasteiger partial charge in [-0.3, -0.25) is 14.4 Å². The number of carbonyl (C=O) groups is 3. The van der Waals surface area contributed by atoms with Crippen LogP contribution in [0.15, 0.2) is 18.2 Å². The Labute approximate surface area is 105 Å². The van der Waals surface area contributed by atoms with Crippen LogP contribution in [0.5, 0.6) is 0 Å². The molecule has 4 heteroatoms. The topological polar surface area (TPSA) is 63.2 Å². The first-order valence-corrected chi connectivity index (χ1v) is 6.12. The van der Waals surface area contributed by atoms with E-state index in [1.165, 1.54) is 0 Å². The largest absolute Gasteiger partial charge is 0.326 e. The van der Waals surface area contributed by atoms with Crippen LogP contribution < -0.4 is 5.32 Å². The second-order valence-electron chi connectivity index (χ2n) is 4.42. The van der Waals surface area contributed by atoms with E-state index < -0.39 is 5.78 Å². The van der Waals surface area contributed by atoms with Crippen molar-refractivity contribution in [2.24, 2.45) is 0 Å². The maximum absolute atomic E-state index is 11.8. The molecule has 2 rings (SSSR count). The Morgan fingerprint density at radius 1 is 1.28 bits per heavy atom. The zero-order chi connectivity index (χ0) is 13.1. The summed E-state index contributed by atoms with van der Waals surface area (Å²) < 4.78 is 0. The van der Waals surface area contributed by atoms with Crippen molar-refractivity contribution >= 4 is 23.2 Å². The molecule has 0 saturated carbocycles. The van der Waals surface area contributed by atoms with Gasteiger partial charge >= 0.3 is 0 Å². The third-order valence-corrected chi connectivity index (χ3v) is 2.99. The van der Waals surface area contributed by atoms with Gasteiger partial charge in [0.05, 0.1) is 0 Å². The van der Waals surface area contributed by atoms with Crippen molar-refractivity contribution in [3.8, 4) is 0 Å². The average molecular weight is 245 g/mol. The first-order valence-electron chi connectivity index (χ1n) is 6.12. The van der Waals surface area contributed by atoms with Gasteiger partial charge < -0.3 is 5.32 Å². The molecule has 4 nitrogen and oxygen atoms in total. The number of benzene rings is 1. The molecule has 0 saturated heterocycles. The number of amides is 1. The average Bonchev–Trinajstić information content (AvgIpc) is 2.37. The van der Waals surface area contributed by atoms with Gasteiger partial charge in [-0.05, 0) is 36.6 Å². The van der Waals surface area contributed by atoms with Gasteiger partial charge in [0.2, 0.25) is 17.5 Å². The Bertz CT molecular complexity index is 520. The molecular weight excluding hydrogens is 230 g/mol. The Kier molecular flexibility index (Phi) is 3.55. The van der Waals surface area contributed by atoms with Gasteiger partial charge in [0.1, 0.15) is 0 Å². The Morgan fingerprint density at radius 3 is 2.78 bits per heavy atom. The molecule has 1 aliphatic heterocycles. The molecule has 1 amide bonds. The summed E-state index contributed by atoms with van der Waals surface area (Å²) in [7, 11) is 0. The van der Waals surface area contributed by atoms with Gasteiger partial charge in [-0.2, -0.15) is 0 Å². The lowest BCUT2D eigenvalue weighted by Crippen LogP contribution is -2.20. The first kappa shape index (κ1) is 12.5. The summed E-state index contributed by atoms with van der Waals surface area (Å²) in [5.74, 6) is -0.794. The molecule has 1 aromatic rings. The van der Waals surface area contributed by atoms with E-state index in [0.717, 1.165) is 11.3 Å². The zero-order valence-corrected chi connectivity index (χ0v) is 10.3. The third-order valence-electron chi connectivity index (χ3n) is 2.99. The normalized spacial score (nSPS) is 13.7. The van der Waals surface area contributed by atoms with Crippen molar-refractivity contribution < 1.29 is 14.4 Å². The Morgan fingerprint density at radius 2 is 2.06 bits per heavy atom. The number of anilines is 1. The highest BCUT2D eigenvalue weighted by molar-refractivity contribution is 6.43. The van der Waals surface area contributed by atoms with Crippen molar-refractivity contribution in [1.29, 1.82) is 0 Å². The molecule has 0 atom stereocenters. The summed E-state index contributed by atoms with van der Waals surface area (Å²) in [6, 6.07) is 5.00. The summed E-state index contributed by atoms with van der Waals surface area (Å²) in [6.45, 7) is 1.87. The van der Waals surface area contributed by atoms with E-state index in [1.54, 1.807) is 18.2 Å². The first-order chi connectivity index (χ1) is 8.61. The molecule has 1 N–H and O–H groups in total. The van der Waals surface area contributed by atoms with E-state index >= 15 is 0 Å². The van der Waals surface area contributed by atoms with Crippen LogP contribution in [0.1, 0.15) is 42.1 Å². The highest BCUT2D eigenvalue weighted by atomic mass is 16.2. The minimum absolute atomic E-state index is 0.0105. The third kappa shape index (κ3) is 2.47. The van der Waals surface area contributed by atoms with Crippen LogP contribution in [0.25, 0.3) is 0 Å². The number of Topliss-reactive ketones (excluding diaryl/α,β-unsaturated/α-hetero) is 2. The number of rotatable bonds is 4. The van der Waals surface area contributed by atoms with E-state index in [0.29, 0.717) is 24.8 Å². The summed E-state index contributed by atoms with van der Waals surface area (Å²) in [4.78, 5) is 34.6. The number of fused-ring (bicyclic) bond motifs is 1. The summed E-state index contributed by atoms with van der Waals surface area (Å²) >= 11 is 0. The summed E-state index contributed by atoms with van der Waals surface area (Å²) in [5.41, 5.74) is 2.08. The summed E-state index contributed by atoms with van der Waals surface area (Å²) in [5, 5.41) is 2.75. The molecule has 0 radical (unpaired) electrons. The van der Waals surface area contributed by atoms with Crippen molar-refractivity contribution in [1.82, 2.24) is 0 Å². The predicted octanol–water partition coefficient (Wildman–Crippen LogP) is 2.12. The van der Waals surface area contributed by atoms with Gasteiger partial charge in [-0.15, -0.1) is 0 Å². The molecule has 1 aromatic carbocycles. The van der Waals surface area contributed by atoms with Crippen LogP contribution in [0.2, 0.25) is 0 Å². The fourth-order valence-corrected chi connectivity index (χ4v) is 2.03. The number of hydrogen-bond donors (Lipinski definition) is 1. The lowest BCUT2D eigenvalue weighted by Gasteiger charge is -2.17. The van der Waals surface area contributed by atoms with Gasteiger partial charge in [-0.1, -0.05) is 6.92 Å². The maximum Gasteiger partial charge on any atom is 0.228 e. The highest BCUT2D eigenvalue weighted by Gasteiger charge is 2.19. The van der Waals surface area contributed by atoms with Crippen molar-refractivity contribution in [3.05, 3.63) is 29.3 Å². The molecule has 0 bridgehead atoms. The molecular formula is C14H15NO3. The Hall–Kier alpha value is -1.97. The quantitative estimate of drug-likeness (QED) is 0.652. The van der Waals surface area contributed by atoms with Gasteiger partial charge in [0.15, 0.2) is 0 Å². The number of ketones is 2. The number of aryl methyl sites for hydroxylation is 1. The standard InChI is InChI=1S/C14H15NO3/c1-2-3-12(16)14(18)10-4-6-11-9(8-10)5-7-13(17)15-11/h4,6,8H,2-3,5,7H2,1H3,(H,15,17). The lowest BCUT2D eigenvalue weighted by atomic mass is 9.97. The maximum atomic E-state index is 11.8. The van der Waals surface area contributed by atoms with Crippen molar-refractivity contribution in [2.75, 3.05) is 5.32 Å². The Balaban J connectivity index is 2.24. The van der Waals surface area contributed by atoms with Gasteiger partial charge in [0.25, 0.3) is 0 Å². The van der Waals surface area contributed by atoms with E-state index in [1.807, 2.05) is 6.92 Å². The van der Waals surface area contributed by atoms with Crippen LogP contribution in [0, 0.1) is 0 Å². The minimum Gasteiger partial charge on any atom is -0.326 e. The molecule has 0 fully saturated rings. The smallest absolute Gasteiger partial charge is 0.228 e. The predicted molar refractivity (Wildman–Crippen MR) is 67.6 cm³/mol. The fraction of sp³-hybridized carbons (Fsp3) is 0.357. The monoisotopic (exact) mass is 245 g/mol. The molecule has 0 spiro atoms. The van der Waals surface area contributed by atoms with E-state index in [4.69, 9.17) is 0 Å². The summed E-state index contributed by atoms with van der Waals surface area (Å²) in [6.07, 6.45) is 2.00. The molecule has 0 aromatic heterocycles. The van der Waals surface area contributed by atoms with E-state index in [9.17, 15) is 14.4 Å². The number of nitrogens with one attached hydrogen (secondary N) is 1. The zero-order valence-electron chi connectivity index (χ0n) is 10.3.